The number of benzene rings is 2. The van der Waals surface area contributed by atoms with Gasteiger partial charge in [-0.1, -0.05) is 62.4 Å². The number of rotatable bonds is 6. The molecule has 0 atom stereocenters. The Hall–Kier alpha value is -2.39. The van der Waals surface area contributed by atoms with Gasteiger partial charge in [-0.05, 0) is 28.2 Å². The smallest absolute Gasteiger partial charge is 0.244 e. The molecule has 0 radical (unpaired) electrons. The summed E-state index contributed by atoms with van der Waals surface area (Å²) in [5, 5.41) is 9.10. The highest BCUT2D eigenvalue weighted by atomic mass is 16.3. The quantitative estimate of drug-likeness (QED) is 0.692. The zero-order valence-corrected chi connectivity index (χ0v) is 14.4. The molecule has 0 spiro atoms. The van der Waals surface area contributed by atoms with Gasteiger partial charge in [0.2, 0.25) is 6.33 Å². The van der Waals surface area contributed by atoms with Gasteiger partial charge in [-0.15, -0.1) is 0 Å². The third-order valence-electron chi connectivity index (χ3n) is 4.33. The molecular weight excluding hydrogens is 296 g/mol. The van der Waals surface area contributed by atoms with Gasteiger partial charge in [-0.25, -0.2) is 9.13 Å². The molecule has 124 valence electrons. The highest BCUT2D eigenvalue weighted by Gasteiger charge is 2.06. The number of imidazole rings is 1. The predicted molar refractivity (Wildman–Crippen MR) is 95.7 cm³/mol. The van der Waals surface area contributed by atoms with Crippen LogP contribution in [0.5, 0.6) is 0 Å². The maximum absolute atomic E-state index is 9.10. The van der Waals surface area contributed by atoms with Crippen LogP contribution in [0.1, 0.15) is 42.0 Å². The normalized spacial score (nSPS) is 11.2. The standard InChI is InChI=1S/C21H25N2O/c1-17(2)21-9-7-19(8-10-21)14-23-12-11-22(16-23)13-18-3-5-20(15-24)6-4-18/h3-12,16-17,24H,13-15H2,1-2H3/q+1. The maximum Gasteiger partial charge on any atom is 0.244 e. The van der Waals surface area contributed by atoms with Gasteiger partial charge in [0.1, 0.15) is 25.5 Å². The van der Waals surface area contributed by atoms with E-state index in [9.17, 15) is 0 Å². The first kappa shape index (κ1) is 16.5. The van der Waals surface area contributed by atoms with Crippen molar-refractivity contribution in [1.82, 2.24) is 4.57 Å². The number of hydrogen-bond acceptors (Lipinski definition) is 1. The Morgan fingerprint density at radius 3 is 2.17 bits per heavy atom. The summed E-state index contributed by atoms with van der Waals surface area (Å²) in [6.07, 6.45) is 6.34. The van der Waals surface area contributed by atoms with E-state index < -0.39 is 0 Å². The highest BCUT2D eigenvalue weighted by Crippen LogP contribution is 2.14. The molecule has 24 heavy (non-hydrogen) atoms. The molecule has 3 nitrogen and oxygen atoms in total. The van der Waals surface area contributed by atoms with Gasteiger partial charge >= 0.3 is 0 Å². The molecule has 0 amide bonds. The van der Waals surface area contributed by atoms with Crippen molar-refractivity contribution in [2.24, 2.45) is 0 Å². The highest BCUT2D eigenvalue weighted by molar-refractivity contribution is 5.24. The van der Waals surface area contributed by atoms with E-state index in [-0.39, 0.29) is 6.61 Å². The fraction of sp³-hybridized carbons (Fsp3) is 0.286. The zero-order chi connectivity index (χ0) is 16.9. The van der Waals surface area contributed by atoms with Crippen LogP contribution in [0.15, 0.2) is 67.3 Å². The summed E-state index contributed by atoms with van der Waals surface area (Å²) in [6.45, 7) is 6.26. The molecule has 0 saturated heterocycles. The van der Waals surface area contributed by atoms with E-state index in [2.05, 4.69) is 78.1 Å². The van der Waals surface area contributed by atoms with Crippen LogP contribution in [0.2, 0.25) is 0 Å². The summed E-state index contributed by atoms with van der Waals surface area (Å²) < 4.78 is 4.38. The fourth-order valence-electron chi connectivity index (χ4n) is 2.81. The predicted octanol–water partition coefficient (Wildman–Crippen LogP) is 3.49. The average Bonchev–Trinajstić information content (AvgIpc) is 3.03. The zero-order valence-electron chi connectivity index (χ0n) is 14.4. The van der Waals surface area contributed by atoms with Crippen molar-refractivity contribution in [3.05, 3.63) is 89.5 Å². The van der Waals surface area contributed by atoms with Gasteiger partial charge in [-0.2, -0.15) is 0 Å². The lowest BCUT2D eigenvalue weighted by molar-refractivity contribution is -0.687. The number of aliphatic hydroxyl groups excluding tert-OH is 1. The summed E-state index contributed by atoms with van der Waals surface area (Å²) in [7, 11) is 0. The topological polar surface area (TPSA) is 29.0 Å². The van der Waals surface area contributed by atoms with Gasteiger partial charge in [0.15, 0.2) is 0 Å². The van der Waals surface area contributed by atoms with Crippen LogP contribution in [0.3, 0.4) is 0 Å². The van der Waals surface area contributed by atoms with Crippen molar-refractivity contribution in [2.45, 2.75) is 39.5 Å². The molecule has 0 fully saturated rings. The molecule has 0 saturated carbocycles. The molecule has 0 bridgehead atoms. The Kier molecular flexibility index (Phi) is 5.11. The van der Waals surface area contributed by atoms with E-state index >= 15 is 0 Å². The van der Waals surface area contributed by atoms with Crippen molar-refractivity contribution < 1.29 is 9.67 Å². The van der Waals surface area contributed by atoms with Crippen molar-refractivity contribution in [3.63, 3.8) is 0 Å². The maximum atomic E-state index is 9.10. The Morgan fingerprint density at radius 1 is 0.917 bits per heavy atom. The molecule has 2 aromatic carbocycles. The van der Waals surface area contributed by atoms with Gasteiger partial charge in [-0.3, -0.25) is 0 Å². The first-order valence-electron chi connectivity index (χ1n) is 8.46. The van der Waals surface area contributed by atoms with Crippen molar-refractivity contribution in [2.75, 3.05) is 0 Å². The number of nitrogens with zero attached hydrogens (tertiary/aromatic N) is 2. The van der Waals surface area contributed by atoms with Gasteiger partial charge < -0.3 is 5.11 Å². The van der Waals surface area contributed by atoms with E-state index in [1.54, 1.807) is 0 Å². The van der Waals surface area contributed by atoms with E-state index in [0.717, 1.165) is 18.7 Å². The van der Waals surface area contributed by atoms with Crippen LogP contribution in [0, 0.1) is 0 Å². The molecule has 0 aliphatic heterocycles. The van der Waals surface area contributed by atoms with E-state index in [1.165, 1.54) is 16.7 Å². The van der Waals surface area contributed by atoms with E-state index in [0.29, 0.717) is 5.92 Å². The lowest BCUT2D eigenvalue weighted by Crippen LogP contribution is -2.31. The minimum Gasteiger partial charge on any atom is -0.392 e. The monoisotopic (exact) mass is 321 g/mol. The minimum absolute atomic E-state index is 0.0966. The molecule has 3 rings (SSSR count). The van der Waals surface area contributed by atoms with Crippen LogP contribution in [-0.2, 0) is 19.7 Å². The van der Waals surface area contributed by atoms with E-state index in [1.807, 2.05) is 12.1 Å². The van der Waals surface area contributed by atoms with Crippen LogP contribution in [-0.4, -0.2) is 9.67 Å². The minimum atomic E-state index is 0.0966. The Labute approximate surface area is 143 Å². The largest absolute Gasteiger partial charge is 0.392 e. The van der Waals surface area contributed by atoms with E-state index in [4.69, 9.17) is 5.11 Å². The molecule has 3 aromatic rings. The first-order chi connectivity index (χ1) is 11.6. The van der Waals surface area contributed by atoms with Crippen molar-refractivity contribution in [3.8, 4) is 0 Å². The SMILES string of the molecule is CC(C)c1ccc(C[n+]2ccn(Cc3ccc(CO)cc3)c2)cc1. The fourth-order valence-corrected chi connectivity index (χ4v) is 2.81. The molecule has 1 N–H and O–H groups in total. The number of aliphatic hydroxyl groups is 1. The third kappa shape index (κ3) is 4.12. The summed E-state index contributed by atoms with van der Waals surface area (Å²) >= 11 is 0. The first-order valence-corrected chi connectivity index (χ1v) is 8.46. The molecule has 0 aliphatic rings. The third-order valence-corrected chi connectivity index (χ3v) is 4.33. The van der Waals surface area contributed by atoms with Crippen LogP contribution >= 0.6 is 0 Å². The number of hydrogen-bond donors (Lipinski definition) is 1. The Balaban J connectivity index is 1.64. The molecule has 0 unspecified atom stereocenters. The summed E-state index contributed by atoms with van der Waals surface area (Å²) in [4.78, 5) is 0. The number of aromatic nitrogens is 2. The van der Waals surface area contributed by atoms with Gasteiger partial charge in [0, 0.05) is 0 Å². The lowest BCUT2D eigenvalue weighted by Gasteiger charge is -2.05. The van der Waals surface area contributed by atoms with Crippen LogP contribution in [0.25, 0.3) is 0 Å². The van der Waals surface area contributed by atoms with Crippen molar-refractivity contribution in [1.29, 1.82) is 0 Å². The summed E-state index contributed by atoms with van der Waals surface area (Å²) in [5.74, 6) is 0.574. The van der Waals surface area contributed by atoms with Gasteiger partial charge in [0.05, 0.1) is 6.61 Å². The molecular formula is C21H25N2O+. The second-order valence-corrected chi connectivity index (χ2v) is 6.63. The molecule has 1 heterocycles. The van der Waals surface area contributed by atoms with Gasteiger partial charge in [0.25, 0.3) is 0 Å². The molecule has 0 aliphatic carbocycles. The average molecular weight is 321 g/mol. The lowest BCUT2D eigenvalue weighted by atomic mass is 10.0. The summed E-state index contributed by atoms with van der Waals surface area (Å²) in [6, 6.07) is 17.0. The Morgan fingerprint density at radius 2 is 1.54 bits per heavy atom. The molecule has 1 aromatic heterocycles. The van der Waals surface area contributed by atoms with Crippen molar-refractivity contribution >= 4 is 0 Å². The van der Waals surface area contributed by atoms with Crippen LogP contribution < -0.4 is 4.57 Å². The Bertz CT molecular complexity index is 770. The second kappa shape index (κ2) is 7.45. The molecule has 3 heteroatoms. The summed E-state index contributed by atoms with van der Waals surface area (Å²) in [5.41, 5.74) is 4.88. The second-order valence-electron chi connectivity index (χ2n) is 6.63. The van der Waals surface area contributed by atoms with Crippen LogP contribution in [0.4, 0.5) is 0 Å².